The van der Waals surface area contributed by atoms with E-state index in [9.17, 15) is 8.42 Å². The number of aryl methyl sites for hydroxylation is 1. The fourth-order valence-electron chi connectivity index (χ4n) is 1.24. The summed E-state index contributed by atoms with van der Waals surface area (Å²) >= 11 is 1.51. The Bertz CT molecular complexity index is 412. The third-order valence-corrected chi connectivity index (χ3v) is 3.76. The van der Waals surface area contributed by atoms with Crippen molar-refractivity contribution in [3.8, 4) is 0 Å². The minimum absolute atomic E-state index is 0.101. The normalized spacial score (nSPS) is 13.8. The molecule has 1 N–H and O–H groups in total. The van der Waals surface area contributed by atoms with E-state index in [-0.39, 0.29) is 11.8 Å². The molecule has 0 aliphatic carbocycles. The van der Waals surface area contributed by atoms with Crippen molar-refractivity contribution in [2.24, 2.45) is 0 Å². The lowest BCUT2D eigenvalue weighted by Crippen LogP contribution is -2.24. The number of aromatic nitrogens is 1. The molecule has 15 heavy (non-hydrogen) atoms. The Hall–Kier alpha value is -0.620. The summed E-state index contributed by atoms with van der Waals surface area (Å²) in [5.41, 5.74) is 1.04. The van der Waals surface area contributed by atoms with Gasteiger partial charge in [0.25, 0.3) is 0 Å². The Labute approximate surface area is 94.7 Å². The standard InChI is InChI=1S/C9H16N2O2S2/c1-4-8-5-14-9(11-8)10-7(2)6-15(3,12)13/h5,7H,4,6H2,1-3H3,(H,10,11). The molecule has 86 valence electrons. The van der Waals surface area contributed by atoms with Crippen molar-refractivity contribution in [3.63, 3.8) is 0 Å². The first-order valence-electron chi connectivity index (χ1n) is 4.79. The highest BCUT2D eigenvalue weighted by atomic mass is 32.2. The van der Waals surface area contributed by atoms with Gasteiger partial charge in [0, 0.05) is 17.7 Å². The van der Waals surface area contributed by atoms with E-state index in [1.54, 1.807) is 0 Å². The minimum Gasteiger partial charge on any atom is -0.358 e. The number of hydrogen-bond donors (Lipinski definition) is 1. The molecule has 1 unspecified atom stereocenters. The monoisotopic (exact) mass is 248 g/mol. The molecule has 0 spiro atoms. The van der Waals surface area contributed by atoms with Gasteiger partial charge in [0.05, 0.1) is 11.4 Å². The van der Waals surface area contributed by atoms with E-state index in [0.717, 1.165) is 17.2 Å². The van der Waals surface area contributed by atoms with Gasteiger partial charge < -0.3 is 5.32 Å². The summed E-state index contributed by atoms with van der Waals surface area (Å²) in [6.45, 7) is 3.88. The van der Waals surface area contributed by atoms with Crippen molar-refractivity contribution in [1.29, 1.82) is 0 Å². The van der Waals surface area contributed by atoms with Crippen LogP contribution in [0.3, 0.4) is 0 Å². The molecule has 0 bridgehead atoms. The van der Waals surface area contributed by atoms with Crippen LogP contribution in [-0.2, 0) is 16.3 Å². The Balaban J connectivity index is 2.54. The summed E-state index contributed by atoms with van der Waals surface area (Å²) in [4.78, 5) is 4.31. The van der Waals surface area contributed by atoms with Crippen LogP contribution in [0, 0.1) is 0 Å². The second kappa shape index (κ2) is 4.94. The van der Waals surface area contributed by atoms with Crippen LogP contribution in [0.25, 0.3) is 0 Å². The third kappa shape index (κ3) is 4.61. The molecule has 1 aromatic heterocycles. The van der Waals surface area contributed by atoms with Crippen molar-refractivity contribution in [1.82, 2.24) is 4.98 Å². The Kier molecular flexibility index (Phi) is 4.10. The summed E-state index contributed by atoms with van der Waals surface area (Å²) in [5.74, 6) is 0.133. The first-order valence-corrected chi connectivity index (χ1v) is 7.73. The lowest BCUT2D eigenvalue weighted by atomic mass is 10.4. The first-order chi connectivity index (χ1) is 6.90. The largest absolute Gasteiger partial charge is 0.358 e. The fraction of sp³-hybridized carbons (Fsp3) is 0.667. The summed E-state index contributed by atoms with van der Waals surface area (Å²) in [6, 6.07) is -0.101. The van der Waals surface area contributed by atoms with Crippen LogP contribution in [-0.4, -0.2) is 31.5 Å². The second-order valence-corrected chi connectivity index (χ2v) is 6.68. The van der Waals surface area contributed by atoms with E-state index < -0.39 is 9.84 Å². The summed E-state index contributed by atoms with van der Waals surface area (Å²) < 4.78 is 22.1. The van der Waals surface area contributed by atoms with Crippen molar-refractivity contribution in [3.05, 3.63) is 11.1 Å². The quantitative estimate of drug-likeness (QED) is 0.859. The molecule has 0 amide bonds. The molecular weight excluding hydrogens is 232 g/mol. The topological polar surface area (TPSA) is 59.1 Å². The lowest BCUT2D eigenvalue weighted by molar-refractivity contribution is 0.598. The molecule has 0 aliphatic rings. The predicted octanol–water partition coefficient (Wildman–Crippen LogP) is 1.55. The Morgan fingerprint density at radius 1 is 1.60 bits per heavy atom. The highest BCUT2D eigenvalue weighted by Crippen LogP contribution is 2.16. The van der Waals surface area contributed by atoms with Crippen molar-refractivity contribution < 1.29 is 8.42 Å². The van der Waals surface area contributed by atoms with Crippen LogP contribution in [0.4, 0.5) is 5.13 Å². The Morgan fingerprint density at radius 2 is 2.27 bits per heavy atom. The van der Waals surface area contributed by atoms with E-state index in [0.29, 0.717) is 0 Å². The third-order valence-electron chi connectivity index (χ3n) is 1.84. The summed E-state index contributed by atoms with van der Waals surface area (Å²) in [5, 5.41) is 5.86. The van der Waals surface area contributed by atoms with Gasteiger partial charge in [-0.05, 0) is 13.3 Å². The molecule has 0 fully saturated rings. The SMILES string of the molecule is CCc1csc(NC(C)CS(C)(=O)=O)n1. The maximum absolute atomic E-state index is 11.0. The maximum Gasteiger partial charge on any atom is 0.183 e. The van der Waals surface area contributed by atoms with E-state index in [1.807, 2.05) is 19.2 Å². The van der Waals surface area contributed by atoms with Gasteiger partial charge >= 0.3 is 0 Å². The summed E-state index contributed by atoms with van der Waals surface area (Å²) in [6.07, 6.45) is 2.14. The zero-order valence-corrected chi connectivity index (χ0v) is 10.8. The van der Waals surface area contributed by atoms with E-state index in [2.05, 4.69) is 10.3 Å². The number of thiazole rings is 1. The van der Waals surface area contributed by atoms with Gasteiger partial charge in [-0.25, -0.2) is 13.4 Å². The van der Waals surface area contributed by atoms with Crippen LogP contribution in [0.1, 0.15) is 19.5 Å². The summed E-state index contributed by atoms with van der Waals surface area (Å²) in [7, 11) is -2.93. The molecule has 0 saturated heterocycles. The van der Waals surface area contributed by atoms with Gasteiger partial charge in [-0.15, -0.1) is 11.3 Å². The molecule has 1 atom stereocenters. The number of anilines is 1. The van der Waals surface area contributed by atoms with Gasteiger partial charge in [0.2, 0.25) is 0 Å². The molecule has 0 aromatic carbocycles. The van der Waals surface area contributed by atoms with Gasteiger partial charge in [0.15, 0.2) is 5.13 Å². The van der Waals surface area contributed by atoms with Crippen LogP contribution in [0.15, 0.2) is 5.38 Å². The second-order valence-electron chi connectivity index (χ2n) is 3.64. The van der Waals surface area contributed by atoms with Gasteiger partial charge in [0.1, 0.15) is 9.84 Å². The molecule has 1 aromatic rings. The van der Waals surface area contributed by atoms with Gasteiger partial charge in [-0.2, -0.15) is 0 Å². The van der Waals surface area contributed by atoms with E-state index in [4.69, 9.17) is 0 Å². The van der Waals surface area contributed by atoms with E-state index >= 15 is 0 Å². The molecule has 0 aliphatic heterocycles. The minimum atomic E-state index is -2.93. The number of rotatable bonds is 5. The van der Waals surface area contributed by atoms with Crippen molar-refractivity contribution in [2.75, 3.05) is 17.3 Å². The van der Waals surface area contributed by atoms with Crippen LogP contribution in [0.2, 0.25) is 0 Å². The molecule has 0 radical (unpaired) electrons. The highest BCUT2D eigenvalue weighted by molar-refractivity contribution is 7.90. The molecular formula is C9H16N2O2S2. The fourth-order valence-corrected chi connectivity index (χ4v) is 3.14. The van der Waals surface area contributed by atoms with Gasteiger partial charge in [-0.3, -0.25) is 0 Å². The van der Waals surface area contributed by atoms with Crippen LogP contribution < -0.4 is 5.32 Å². The number of hydrogen-bond acceptors (Lipinski definition) is 5. The number of sulfone groups is 1. The zero-order chi connectivity index (χ0) is 11.5. The van der Waals surface area contributed by atoms with Crippen molar-refractivity contribution >= 4 is 26.3 Å². The smallest absolute Gasteiger partial charge is 0.183 e. The number of nitrogens with zero attached hydrogens (tertiary/aromatic N) is 1. The molecule has 6 heteroatoms. The predicted molar refractivity (Wildman–Crippen MR) is 64.3 cm³/mol. The molecule has 1 rings (SSSR count). The average Bonchev–Trinajstić information content (AvgIpc) is 2.48. The van der Waals surface area contributed by atoms with Crippen LogP contribution >= 0.6 is 11.3 Å². The van der Waals surface area contributed by atoms with E-state index in [1.165, 1.54) is 17.6 Å². The highest BCUT2D eigenvalue weighted by Gasteiger charge is 2.11. The molecule has 0 saturated carbocycles. The first kappa shape index (κ1) is 12.4. The van der Waals surface area contributed by atoms with Crippen molar-refractivity contribution in [2.45, 2.75) is 26.3 Å². The van der Waals surface area contributed by atoms with Gasteiger partial charge in [-0.1, -0.05) is 6.92 Å². The average molecular weight is 248 g/mol. The number of nitrogens with one attached hydrogen (secondary N) is 1. The van der Waals surface area contributed by atoms with Crippen LogP contribution in [0.5, 0.6) is 0 Å². The molecule has 4 nitrogen and oxygen atoms in total. The Morgan fingerprint density at radius 3 is 2.73 bits per heavy atom. The lowest BCUT2D eigenvalue weighted by Gasteiger charge is -2.10. The molecule has 1 heterocycles. The zero-order valence-electron chi connectivity index (χ0n) is 9.15. The maximum atomic E-state index is 11.0.